The van der Waals surface area contributed by atoms with Crippen LogP contribution >= 0.6 is 21.6 Å². The van der Waals surface area contributed by atoms with Crippen LogP contribution in [0.3, 0.4) is 0 Å². The lowest BCUT2D eigenvalue weighted by molar-refractivity contribution is -0.141. The van der Waals surface area contributed by atoms with Crippen LogP contribution in [-0.2, 0) is 20.7 Å². The topological polar surface area (TPSA) is 121 Å². The zero-order valence-electron chi connectivity index (χ0n) is 24.3. The lowest BCUT2D eigenvalue weighted by Gasteiger charge is -2.23. The Morgan fingerprint density at radius 2 is 1.53 bits per heavy atom. The van der Waals surface area contributed by atoms with Crippen molar-refractivity contribution in [1.82, 2.24) is 15.6 Å². The van der Waals surface area contributed by atoms with Crippen LogP contribution in [0, 0.1) is 0 Å². The summed E-state index contributed by atoms with van der Waals surface area (Å²) in [6.45, 7) is 6.21. The third-order valence-corrected chi connectivity index (χ3v) is 10.6. The number of amides is 2. The van der Waals surface area contributed by atoms with Crippen LogP contribution < -0.4 is 10.6 Å². The Morgan fingerprint density at radius 1 is 0.907 bits per heavy atom. The maximum atomic E-state index is 13.5. The molecule has 1 aromatic heterocycles. The third kappa shape index (κ3) is 7.37. The first-order chi connectivity index (χ1) is 20.6. The summed E-state index contributed by atoms with van der Waals surface area (Å²) in [6, 6.07) is 21.6. The van der Waals surface area contributed by atoms with Crippen LogP contribution in [0.2, 0.25) is 0 Å². The number of rotatable bonds is 11. The first-order valence-corrected chi connectivity index (χ1v) is 16.4. The molecular formula is C33H35N3O5S2. The molecule has 0 aliphatic heterocycles. The number of aromatic nitrogens is 1. The smallest absolute Gasteiger partial charge is 0.407 e. The first kappa shape index (κ1) is 30.6. The summed E-state index contributed by atoms with van der Waals surface area (Å²) in [5.74, 6) is -1.68. The molecule has 1 aliphatic carbocycles. The number of aliphatic carboxylic acids is 1. The second-order valence-electron chi connectivity index (χ2n) is 11.5. The van der Waals surface area contributed by atoms with Crippen LogP contribution in [0.25, 0.3) is 22.0 Å². The molecule has 1 heterocycles. The zero-order valence-corrected chi connectivity index (χ0v) is 25.9. The van der Waals surface area contributed by atoms with E-state index in [9.17, 15) is 19.5 Å². The van der Waals surface area contributed by atoms with Crippen molar-refractivity contribution < 1.29 is 24.2 Å². The van der Waals surface area contributed by atoms with Crippen molar-refractivity contribution in [3.05, 3.63) is 95.7 Å². The minimum atomic E-state index is -1.14. The van der Waals surface area contributed by atoms with Gasteiger partial charge < -0.3 is 25.5 Å². The van der Waals surface area contributed by atoms with Gasteiger partial charge in [0.15, 0.2) is 0 Å². The predicted octanol–water partition coefficient (Wildman–Crippen LogP) is 6.37. The average Bonchev–Trinajstić information content (AvgIpc) is 3.53. The van der Waals surface area contributed by atoms with E-state index in [1.807, 2.05) is 81.4 Å². The average molecular weight is 618 g/mol. The maximum absolute atomic E-state index is 13.5. The number of carbonyl (C=O) groups is 3. The van der Waals surface area contributed by atoms with Gasteiger partial charge >= 0.3 is 12.1 Å². The summed E-state index contributed by atoms with van der Waals surface area (Å²) in [7, 11) is 2.93. The van der Waals surface area contributed by atoms with E-state index in [0.29, 0.717) is 0 Å². The highest BCUT2D eigenvalue weighted by Crippen LogP contribution is 2.44. The largest absolute Gasteiger partial charge is 0.480 e. The van der Waals surface area contributed by atoms with Gasteiger partial charge in [-0.1, -0.05) is 109 Å². The number of H-pyrrole nitrogens is 1. The monoisotopic (exact) mass is 617 g/mol. The third-order valence-electron chi connectivity index (χ3n) is 7.21. The van der Waals surface area contributed by atoms with E-state index in [1.54, 1.807) is 17.0 Å². The molecule has 4 aromatic rings. The van der Waals surface area contributed by atoms with Crippen molar-refractivity contribution in [2.75, 3.05) is 12.4 Å². The molecule has 43 heavy (non-hydrogen) atoms. The summed E-state index contributed by atoms with van der Waals surface area (Å²) in [4.78, 5) is 41.9. The number of aromatic amines is 1. The summed E-state index contributed by atoms with van der Waals surface area (Å²) in [6.07, 6.45) is 1.21. The van der Waals surface area contributed by atoms with E-state index >= 15 is 0 Å². The SMILES string of the molecule is CC(C)(C)SSCC(NC(=O)C(Cc1c[nH]c2ccccc12)NC(=O)OCC1c2ccccc2-c2ccccc21)C(=O)O. The Balaban J connectivity index is 1.31. The molecule has 2 unspecified atom stereocenters. The molecule has 5 rings (SSSR count). The van der Waals surface area contributed by atoms with Crippen LogP contribution in [0.15, 0.2) is 79.0 Å². The van der Waals surface area contributed by atoms with Gasteiger partial charge in [0, 0.05) is 39.9 Å². The molecule has 0 fully saturated rings. The number of carboxylic acids is 1. The van der Waals surface area contributed by atoms with Crippen LogP contribution in [0.5, 0.6) is 0 Å². The second-order valence-corrected chi connectivity index (χ2v) is 14.6. The van der Waals surface area contributed by atoms with Gasteiger partial charge in [0.05, 0.1) is 0 Å². The molecule has 2 amide bonds. The summed E-state index contributed by atoms with van der Waals surface area (Å²) in [5, 5.41) is 16.1. The second kappa shape index (κ2) is 13.2. The Kier molecular flexibility index (Phi) is 9.37. The molecule has 0 spiro atoms. The summed E-state index contributed by atoms with van der Waals surface area (Å²) < 4.78 is 5.65. The molecule has 8 nitrogen and oxygen atoms in total. The van der Waals surface area contributed by atoms with Crippen molar-refractivity contribution >= 4 is 50.5 Å². The van der Waals surface area contributed by atoms with E-state index in [2.05, 4.69) is 27.8 Å². The fourth-order valence-electron chi connectivity index (χ4n) is 5.24. The number of para-hydroxylation sites is 1. The lowest BCUT2D eigenvalue weighted by atomic mass is 9.98. The number of hydrogen-bond donors (Lipinski definition) is 4. The Bertz CT molecular complexity index is 1580. The number of alkyl carbamates (subject to hydrolysis) is 1. The minimum Gasteiger partial charge on any atom is -0.480 e. The molecule has 1 aliphatic rings. The molecule has 2 atom stereocenters. The number of hydrogen-bond acceptors (Lipinski definition) is 6. The quantitative estimate of drug-likeness (QED) is 0.144. The summed E-state index contributed by atoms with van der Waals surface area (Å²) >= 11 is 0. The van der Waals surface area contributed by atoms with Gasteiger partial charge in [-0.25, -0.2) is 9.59 Å². The van der Waals surface area contributed by atoms with Gasteiger partial charge in [-0.15, -0.1) is 0 Å². The molecule has 0 saturated heterocycles. The summed E-state index contributed by atoms with van der Waals surface area (Å²) in [5.41, 5.74) is 6.12. The van der Waals surface area contributed by atoms with Crippen molar-refractivity contribution in [1.29, 1.82) is 0 Å². The minimum absolute atomic E-state index is 0.0682. The van der Waals surface area contributed by atoms with Crippen molar-refractivity contribution in [2.45, 2.75) is 49.9 Å². The highest BCUT2D eigenvalue weighted by atomic mass is 33.1. The fraction of sp³-hybridized carbons (Fsp3) is 0.303. The van der Waals surface area contributed by atoms with Gasteiger partial charge in [0.25, 0.3) is 0 Å². The Morgan fingerprint density at radius 3 is 2.19 bits per heavy atom. The molecule has 3 aromatic carbocycles. The number of ether oxygens (including phenoxy) is 1. The first-order valence-electron chi connectivity index (χ1n) is 14.1. The van der Waals surface area contributed by atoms with Gasteiger partial charge in [-0.2, -0.15) is 0 Å². The molecule has 224 valence electrons. The molecule has 4 N–H and O–H groups in total. The standard InChI is InChI=1S/C33H35N3O5S2/c1-33(2,3)43-42-19-29(31(38)39)35-30(37)28(16-20-17-34-27-15-9-8-10-21(20)27)36-32(40)41-18-26-24-13-6-4-11-22(24)23-12-5-7-14-25(23)26/h4-15,17,26,28-29,34H,16,18-19H2,1-3H3,(H,35,37)(H,36,40)(H,38,39). The van der Waals surface area contributed by atoms with Crippen LogP contribution in [0.4, 0.5) is 4.79 Å². The molecule has 10 heteroatoms. The molecule has 0 saturated carbocycles. The number of carboxylic acid groups (broad SMARTS) is 1. The zero-order chi connectivity index (χ0) is 30.6. The Hall–Kier alpha value is -3.89. The normalized spacial score (nSPS) is 14.0. The van der Waals surface area contributed by atoms with Gasteiger partial charge in [-0.05, 0) is 33.9 Å². The highest BCUT2D eigenvalue weighted by molar-refractivity contribution is 8.77. The number of fused-ring (bicyclic) bond motifs is 4. The van der Waals surface area contributed by atoms with E-state index in [0.717, 1.165) is 38.7 Å². The van der Waals surface area contributed by atoms with Crippen LogP contribution in [0.1, 0.15) is 43.4 Å². The highest BCUT2D eigenvalue weighted by Gasteiger charge is 2.31. The number of nitrogens with one attached hydrogen (secondary N) is 3. The maximum Gasteiger partial charge on any atom is 0.407 e. The fourth-order valence-corrected chi connectivity index (χ4v) is 7.69. The van der Waals surface area contributed by atoms with E-state index in [4.69, 9.17) is 4.74 Å². The molecule has 0 bridgehead atoms. The number of benzene rings is 3. The van der Waals surface area contributed by atoms with Gasteiger partial charge in [0.1, 0.15) is 18.7 Å². The van der Waals surface area contributed by atoms with E-state index < -0.39 is 30.1 Å². The Labute approximate surface area is 258 Å². The van der Waals surface area contributed by atoms with Crippen molar-refractivity contribution in [3.63, 3.8) is 0 Å². The van der Waals surface area contributed by atoms with Gasteiger partial charge in [-0.3, -0.25) is 4.79 Å². The number of carbonyl (C=O) groups excluding carboxylic acids is 2. The van der Waals surface area contributed by atoms with E-state index in [-0.39, 0.29) is 29.4 Å². The van der Waals surface area contributed by atoms with Crippen molar-refractivity contribution in [3.8, 4) is 11.1 Å². The van der Waals surface area contributed by atoms with Crippen molar-refractivity contribution in [2.24, 2.45) is 0 Å². The van der Waals surface area contributed by atoms with Gasteiger partial charge in [0.2, 0.25) is 5.91 Å². The molecule has 0 radical (unpaired) electrons. The lowest BCUT2D eigenvalue weighted by Crippen LogP contribution is -2.53. The predicted molar refractivity (Wildman–Crippen MR) is 173 cm³/mol. The van der Waals surface area contributed by atoms with Crippen LogP contribution in [-0.4, -0.2) is 57.3 Å². The van der Waals surface area contributed by atoms with E-state index in [1.165, 1.54) is 10.8 Å². The molecular weight excluding hydrogens is 583 g/mol.